The van der Waals surface area contributed by atoms with Crippen LogP contribution in [0.3, 0.4) is 0 Å². The van der Waals surface area contributed by atoms with Crippen LogP contribution in [-0.4, -0.2) is 23.6 Å². The highest BCUT2D eigenvalue weighted by Gasteiger charge is 2.71. The third-order valence-corrected chi connectivity index (χ3v) is 5.45. The Balaban J connectivity index is 1.90. The molecule has 146 valence electrons. The van der Waals surface area contributed by atoms with Crippen LogP contribution in [0.25, 0.3) is 0 Å². The lowest BCUT2D eigenvalue weighted by atomic mass is 9.82. The number of ketones is 1. The summed E-state index contributed by atoms with van der Waals surface area (Å²) in [5.41, 5.74) is 0.296. The number of Topliss-reactive ketones (excluding diaryl/α,β-unsaturated/α-hetero) is 1. The molecule has 4 rings (SSSR count). The van der Waals surface area contributed by atoms with Crippen molar-refractivity contribution in [2.24, 2.45) is 0 Å². The maximum absolute atomic E-state index is 13.5. The number of fused-ring (bicyclic) bond motifs is 5. The van der Waals surface area contributed by atoms with Crippen molar-refractivity contribution in [2.75, 3.05) is 6.61 Å². The first-order chi connectivity index (χ1) is 13.3. The molecule has 1 aliphatic heterocycles. The molecule has 0 saturated carbocycles. The maximum Gasteiger partial charge on any atom is 0.408 e. The minimum atomic E-state index is -2.04. The van der Waals surface area contributed by atoms with Gasteiger partial charge in [0, 0.05) is 16.7 Å². The summed E-state index contributed by atoms with van der Waals surface area (Å²) < 4.78 is 11.1. The molecule has 0 fully saturated rings. The number of hydrogen-bond acceptors (Lipinski definition) is 5. The lowest BCUT2D eigenvalue weighted by molar-refractivity contribution is -0.169. The van der Waals surface area contributed by atoms with Gasteiger partial charge in [-0.3, -0.25) is 10.1 Å². The number of carbonyl (C=O) groups is 2. The Hall–Kier alpha value is -2.86. The minimum absolute atomic E-state index is 0.210. The molecule has 1 amide bonds. The second-order valence-corrected chi connectivity index (χ2v) is 7.54. The van der Waals surface area contributed by atoms with E-state index in [1.54, 1.807) is 30.3 Å². The van der Waals surface area contributed by atoms with E-state index in [1.807, 2.05) is 32.9 Å². The van der Waals surface area contributed by atoms with Gasteiger partial charge in [-0.1, -0.05) is 57.2 Å². The van der Waals surface area contributed by atoms with E-state index in [0.29, 0.717) is 28.9 Å². The first kappa shape index (κ1) is 18.5. The Morgan fingerprint density at radius 3 is 2.68 bits per heavy atom. The van der Waals surface area contributed by atoms with E-state index in [2.05, 4.69) is 5.32 Å². The third kappa shape index (κ3) is 2.31. The van der Waals surface area contributed by atoms with Gasteiger partial charge in [0.2, 0.25) is 11.3 Å². The molecule has 2 aromatic rings. The lowest BCUT2D eigenvalue weighted by Crippen LogP contribution is -2.60. The van der Waals surface area contributed by atoms with Crippen LogP contribution in [0.15, 0.2) is 42.5 Å². The van der Waals surface area contributed by atoms with Crippen LogP contribution >= 0.6 is 0 Å². The number of rotatable bonds is 4. The van der Waals surface area contributed by atoms with E-state index >= 15 is 0 Å². The van der Waals surface area contributed by atoms with Crippen molar-refractivity contribution in [2.45, 2.75) is 44.4 Å². The summed E-state index contributed by atoms with van der Waals surface area (Å²) in [6.45, 7) is 6.17. The van der Waals surface area contributed by atoms with Gasteiger partial charge in [-0.05, 0) is 24.0 Å². The van der Waals surface area contributed by atoms with E-state index < -0.39 is 23.2 Å². The quantitative estimate of drug-likeness (QED) is 0.846. The van der Waals surface area contributed by atoms with Crippen LogP contribution < -0.4 is 10.1 Å². The van der Waals surface area contributed by atoms with E-state index in [1.165, 1.54) is 0 Å². The molecule has 6 heteroatoms. The Morgan fingerprint density at radius 1 is 1.21 bits per heavy atom. The molecule has 28 heavy (non-hydrogen) atoms. The topological polar surface area (TPSA) is 84.9 Å². The molecular weight excluding hydrogens is 358 g/mol. The number of nitrogens with one attached hydrogen (secondary N) is 1. The number of carbonyl (C=O) groups excluding carboxylic acids is 2. The highest BCUT2D eigenvalue weighted by molar-refractivity contribution is 6.11. The van der Waals surface area contributed by atoms with Gasteiger partial charge in [0.25, 0.3) is 5.79 Å². The van der Waals surface area contributed by atoms with Gasteiger partial charge in [0.15, 0.2) is 0 Å². The Labute approximate surface area is 163 Å². The number of aliphatic hydroxyl groups is 1. The molecule has 2 aliphatic rings. The fraction of sp³-hybridized carbons (Fsp3) is 0.364. The van der Waals surface area contributed by atoms with Crippen LogP contribution in [0.2, 0.25) is 0 Å². The summed E-state index contributed by atoms with van der Waals surface area (Å²) in [5.74, 6) is -1.84. The number of alkyl carbamates (subject to hydrolysis) is 1. The van der Waals surface area contributed by atoms with Crippen LogP contribution in [0.5, 0.6) is 5.75 Å². The van der Waals surface area contributed by atoms with Crippen molar-refractivity contribution in [1.82, 2.24) is 5.32 Å². The number of hydrogen-bond donors (Lipinski definition) is 2. The van der Waals surface area contributed by atoms with Crippen LogP contribution in [0.4, 0.5) is 4.79 Å². The van der Waals surface area contributed by atoms with Crippen molar-refractivity contribution in [3.8, 4) is 5.75 Å². The van der Waals surface area contributed by atoms with Gasteiger partial charge in [-0.2, -0.15) is 0 Å². The van der Waals surface area contributed by atoms with Crippen molar-refractivity contribution in [3.63, 3.8) is 0 Å². The number of ether oxygens (including phenoxy) is 2. The molecule has 0 bridgehead atoms. The molecule has 2 atom stereocenters. The van der Waals surface area contributed by atoms with E-state index in [0.717, 1.165) is 5.56 Å². The molecule has 6 nitrogen and oxygen atoms in total. The number of benzene rings is 2. The fourth-order valence-corrected chi connectivity index (χ4v) is 4.02. The Morgan fingerprint density at radius 2 is 1.96 bits per heavy atom. The van der Waals surface area contributed by atoms with Crippen molar-refractivity contribution < 1.29 is 24.2 Å². The lowest BCUT2D eigenvalue weighted by Gasteiger charge is -2.34. The van der Waals surface area contributed by atoms with Crippen LogP contribution in [0, 0.1) is 0 Å². The first-order valence-electron chi connectivity index (χ1n) is 9.50. The van der Waals surface area contributed by atoms with Gasteiger partial charge in [0.05, 0.1) is 6.61 Å². The number of amides is 1. The molecule has 2 aromatic carbocycles. The van der Waals surface area contributed by atoms with Gasteiger partial charge in [0.1, 0.15) is 5.75 Å². The second-order valence-electron chi connectivity index (χ2n) is 7.54. The third-order valence-electron chi connectivity index (χ3n) is 5.45. The Bertz CT molecular complexity index is 969. The van der Waals surface area contributed by atoms with E-state index in [4.69, 9.17) is 9.47 Å². The molecule has 2 unspecified atom stereocenters. The van der Waals surface area contributed by atoms with Crippen LogP contribution in [-0.2, 0) is 16.1 Å². The van der Waals surface area contributed by atoms with Gasteiger partial charge in [-0.15, -0.1) is 0 Å². The predicted molar refractivity (Wildman–Crippen MR) is 102 cm³/mol. The monoisotopic (exact) mass is 381 g/mol. The van der Waals surface area contributed by atoms with Crippen molar-refractivity contribution in [3.05, 3.63) is 64.7 Å². The molecule has 0 aromatic heterocycles. The standard InChI is InChI=1S/C22H23NO5/c1-4-11-27-20(25)23-21-17-10-9-14(13(2)3)12-18(17)28-22(21,26)16-8-6-5-7-15(16)19(21)24/h5-10,12-13,26H,4,11H2,1-3H3,(H,23,25). The maximum atomic E-state index is 13.5. The fourth-order valence-electron chi connectivity index (χ4n) is 4.02. The average molecular weight is 381 g/mol. The van der Waals surface area contributed by atoms with Gasteiger partial charge >= 0.3 is 6.09 Å². The Kier molecular flexibility index (Phi) is 4.19. The van der Waals surface area contributed by atoms with E-state index in [-0.39, 0.29) is 12.5 Å². The summed E-state index contributed by atoms with van der Waals surface area (Å²) >= 11 is 0. The minimum Gasteiger partial charge on any atom is -0.454 e. The average Bonchev–Trinajstić information content (AvgIpc) is 3.03. The molecule has 1 heterocycles. The van der Waals surface area contributed by atoms with Crippen molar-refractivity contribution >= 4 is 11.9 Å². The second kappa shape index (κ2) is 6.34. The molecule has 0 spiro atoms. The van der Waals surface area contributed by atoms with Gasteiger partial charge in [-0.25, -0.2) is 4.79 Å². The summed E-state index contributed by atoms with van der Waals surface area (Å²) in [5, 5.41) is 14.3. The predicted octanol–water partition coefficient (Wildman–Crippen LogP) is 3.58. The van der Waals surface area contributed by atoms with Gasteiger partial charge < -0.3 is 14.6 Å². The van der Waals surface area contributed by atoms with Crippen LogP contribution in [0.1, 0.15) is 60.2 Å². The summed E-state index contributed by atoms with van der Waals surface area (Å²) in [6.07, 6.45) is -0.130. The first-order valence-corrected chi connectivity index (χ1v) is 9.50. The van der Waals surface area contributed by atoms with Crippen molar-refractivity contribution in [1.29, 1.82) is 0 Å². The summed E-state index contributed by atoms with van der Waals surface area (Å²) in [7, 11) is 0. The molecular formula is C22H23NO5. The summed E-state index contributed by atoms with van der Waals surface area (Å²) in [4.78, 5) is 26.0. The largest absolute Gasteiger partial charge is 0.454 e. The molecule has 1 aliphatic carbocycles. The normalized spacial score (nSPS) is 24.4. The molecule has 0 radical (unpaired) electrons. The highest BCUT2D eigenvalue weighted by atomic mass is 16.6. The van der Waals surface area contributed by atoms with E-state index in [9.17, 15) is 14.7 Å². The molecule has 2 N–H and O–H groups in total. The zero-order chi connectivity index (χ0) is 20.1. The zero-order valence-corrected chi connectivity index (χ0v) is 16.1. The molecule has 0 saturated heterocycles. The SMILES string of the molecule is CCCOC(=O)NC12C(=O)c3ccccc3C1(O)Oc1cc(C(C)C)ccc12. The zero-order valence-electron chi connectivity index (χ0n) is 16.1. The smallest absolute Gasteiger partial charge is 0.408 e. The summed E-state index contributed by atoms with van der Waals surface area (Å²) in [6, 6.07) is 12.1. The highest BCUT2D eigenvalue weighted by Crippen LogP contribution is 2.58.